The number of nitrogens with one attached hydrogen (secondary N) is 2. The molecule has 0 spiro atoms. The number of carbonyl (C=O) groups is 1. The van der Waals surface area contributed by atoms with Crippen LogP contribution in [0.3, 0.4) is 0 Å². The first-order valence-electron chi connectivity index (χ1n) is 6.56. The molecule has 0 unspecified atom stereocenters. The second-order valence-corrected chi connectivity index (χ2v) is 5.08. The van der Waals surface area contributed by atoms with E-state index in [1.54, 1.807) is 12.1 Å². The van der Waals surface area contributed by atoms with Crippen molar-refractivity contribution in [1.29, 1.82) is 0 Å². The largest absolute Gasteiger partial charge is 0.354 e. The molecule has 0 aliphatic rings. The van der Waals surface area contributed by atoms with Gasteiger partial charge >= 0.3 is 0 Å². The SMILES string of the molecule is CC(C)NC(=O)CCc1cc2ccc(F)cc2[nH]c1=O. The minimum absolute atomic E-state index is 0.0837. The number of H-pyrrole nitrogens is 1. The second-order valence-electron chi connectivity index (χ2n) is 5.08. The van der Waals surface area contributed by atoms with Gasteiger partial charge in [0.15, 0.2) is 0 Å². The fourth-order valence-corrected chi connectivity index (χ4v) is 2.05. The van der Waals surface area contributed by atoms with E-state index in [4.69, 9.17) is 0 Å². The van der Waals surface area contributed by atoms with Crippen molar-refractivity contribution < 1.29 is 9.18 Å². The Balaban J connectivity index is 2.18. The van der Waals surface area contributed by atoms with E-state index in [2.05, 4.69) is 10.3 Å². The van der Waals surface area contributed by atoms with E-state index in [1.165, 1.54) is 12.1 Å². The van der Waals surface area contributed by atoms with Crippen LogP contribution in [0.25, 0.3) is 10.9 Å². The number of carbonyl (C=O) groups excluding carboxylic acids is 1. The van der Waals surface area contributed by atoms with Gasteiger partial charge in [-0.3, -0.25) is 9.59 Å². The van der Waals surface area contributed by atoms with Crippen LogP contribution in [0, 0.1) is 5.82 Å². The van der Waals surface area contributed by atoms with Gasteiger partial charge in [0.2, 0.25) is 5.91 Å². The summed E-state index contributed by atoms with van der Waals surface area (Å²) >= 11 is 0. The maximum Gasteiger partial charge on any atom is 0.251 e. The number of halogens is 1. The van der Waals surface area contributed by atoms with Crippen LogP contribution in [0.5, 0.6) is 0 Å². The zero-order chi connectivity index (χ0) is 14.7. The van der Waals surface area contributed by atoms with Gasteiger partial charge in [-0.2, -0.15) is 0 Å². The molecule has 2 N–H and O–H groups in total. The first-order chi connectivity index (χ1) is 9.45. The van der Waals surface area contributed by atoms with Crippen LogP contribution in [-0.4, -0.2) is 16.9 Å². The Hall–Kier alpha value is -2.17. The molecule has 2 aromatic rings. The quantitative estimate of drug-likeness (QED) is 0.898. The molecule has 0 fully saturated rings. The summed E-state index contributed by atoms with van der Waals surface area (Å²) in [4.78, 5) is 26.1. The first-order valence-corrected chi connectivity index (χ1v) is 6.56. The monoisotopic (exact) mass is 276 g/mol. The Labute approximate surface area is 116 Å². The van der Waals surface area contributed by atoms with E-state index >= 15 is 0 Å². The van der Waals surface area contributed by atoms with Crippen LogP contribution in [0.4, 0.5) is 4.39 Å². The highest BCUT2D eigenvalue weighted by molar-refractivity contribution is 5.79. The van der Waals surface area contributed by atoms with Gasteiger partial charge in [0, 0.05) is 18.0 Å². The molecule has 1 aromatic heterocycles. The maximum absolute atomic E-state index is 13.1. The average Bonchev–Trinajstić information content (AvgIpc) is 2.35. The van der Waals surface area contributed by atoms with Crippen LogP contribution >= 0.6 is 0 Å². The standard InChI is InChI=1S/C15H17FN2O2/c1-9(2)17-14(19)6-4-11-7-10-3-5-12(16)8-13(10)18-15(11)20/h3,5,7-9H,4,6H2,1-2H3,(H,17,19)(H,18,20). The first kappa shape index (κ1) is 14.2. The predicted molar refractivity (Wildman–Crippen MR) is 76.1 cm³/mol. The predicted octanol–water partition coefficient (Wildman–Crippen LogP) is 2.12. The molecular weight excluding hydrogens is 259 g/mol. The van der Waals surface area contributed by atoms with Crippen molar-refractivity contribution in [2.24, 2.45) is 0 Å². The van der Waals surface area contributed by atoms with Crippen molar-refractivity contribution in [2.75, 3.05) is 0 Å². The van der Waals surface area contributed by atoms with E-state index < -0.39 is 5.82 Å². The molecule has 5 heteroatoms. The van der Waals surface area contributed by atoms with E-state index in [0.717, 1.165) is 5.39 Å². The zero-order valence-corrected chi connectivity index (χ0v) is 11.5. The molecule has 4 nitrogen and oxygen atoms in total. The molecule has 0 atom stereocenters. The summed E-state index contributed by atoms with van der Waals surface area (Å²) in [5, 5.41) is 3.53. The number of aromatic amines is 1. The number of fused-ring (bicyclic) bond motifs is 1. The molecule has 0 aliphatic carbocycles. The highest BCUT2D eigenvalue weighted by Gasteiger charge is 2.08. The summed E-state index contributed by atoms with van der Waals surface area (Å²) in [5.74, 6) is -0.476. The van der Waals surface area contributed by atoms with Crippen LogP contribution in [0.1, 0.15) is 25.8 Å². The van der Waals surface area contributed by atoms with E-state index in [9.17, 15) is 14.0 Å². The van der Waals surface area contributed by atoms with E-state index in [0.29, 0.717) is 17.5 Å². The Morgan fingerprint density at radius 1 is 1.35 bits per heavy atom. The van der Waals surface area contributed by atoms with Crippen molar-refractivity contribution >= 4 is 16.8 Å². The van der Waals surface area contributed by atoms with Crippen molar-refractivity contribution in [3.05, 3.63) is 46.0 Å². The molecule has 1 aromatic carbocycles. The molecule has 0 aliphatic heterocycles. The minimum Gasteiger partial charge on any atom is -0.354 e. The highest BCUT2D eigenvalue weighted by atomic mass is 19.1. The van der Waals surface area contributed by atoms with Crippen LogP contribution in [-0.2, 0) is 11.2 Å². The summed E-state index contributed by atoms with van der Waals surface area (Å²) in [6.45, 7) is 3.77. The van der Waals surface area contributed by atoms with Crippen LogP contribution in [0.2, 0.25) is 0 Å². The van der Waals surface area contributed by atoms with E-state index in [-0.39, 0.29) is 23.9 Å². The lowest BCUT2D eigenvalue weighted by Crippen LogP contribution is -2.30. The third-order valence-corrected chi connectivity index (χ3v) is 2.96. The third kappa shape index (κ3) is 3.44. The molecular formula is C15H17FN2O2. The number of aromatic nitrogens is 1. The van der Waals surface area contributed by atoms with Gasteiger partial charge in [-0.1, -0.05) is 0 Å². The number of pyridine rings is 1. The maximum atomic E-state index is 13.1. The Bertz CT molecular complexity index is 692. The van der Waals surface area contributed by atoms with Crippen molar-refractivity contribution in [3.63, 3.8) is 0 Å². The van der Waals surface area contributed by atoms with Gasteiger partial charge in [-0.25, -0.2) is 4.39 Å². The van der Waals surface area contributed by atoms with Gasteiger partial charge in [0.1, 0.15) is 5.82 Å². The number of aryl methyl sites for hydroxylation is 1. The van der Waals surface area contributed by atoms with Crippen molar-refractivity contribution in [1.82, 2.24) is 10.3 Å². The molecule has 1 amide bonds. The minimum atomic E-state index is -0.391. The molecule has 0 saturated heterocycles. The number of benzene rings is 1. The molecule has 20 heavy (non-hydrogen) atoms. The molecule has 106 valence electrons. The third-order valence-electron chi connectivity index (χ3n) is 2.96. The summed E-state index contributed by atoms with van der Waals surface area (Å²) in [5.41, 5.74) is 0.717. The van der Waals surface area contributed by atoms with E-state index in [1.807, 2.05) is 13.8 Å². The van der Waals surface area contributed by atoms with Crippen LogP contribution in [0.15, 0.2) is 29.1 Å². The fraction of sp³-hybridized carbons (Fsp3) is 0.333. The lowest BCUT2D eigenvalue weighted by atomic mass is 10.1. The van der Waals surface area contributed by atoms with Crippen molar-refractivity contribution in [3.8, 4) is 0 Å². The number of hydrogen-bond acceptors (Lipinski definition) is 2. The smallest absolute Gasteiger partial charge is 0.251 e. The van der Waals surface area contributed by atoms with Gasteiger partial charge in [0.25, 0.3) is 5.56 Å². The fourth-order valence-electron chi connectivity index (χ4n) is 2.05. The molecule has 1 heterocycles. The Morgan fingerprint density at radius 3 is 2.80 bits per heavy atom. The summed E-state index contributed by atoms with van der Waals surface area (Å²) in [7, 11) is 0. The Kier molecular flexibility index (Phi) is 4.17. The summed E-state index contributed by atoms with van der Waals surface area (Å²) < 4.78 is 13.1. The molecule has 0 radical (unpaired) electrons. The summed E-state index contributed by atoms with van der Waals surface area (Å²) in [6.07, 6.45) is 0.620. The lowest BCUT2D eigenvalue weighted by molar-refractivity contribution is -0.121. The summed E-state index contributed by atoms with van der Waals surface area (Å²) in [6, 6.07) is 6.02. The van der Waals surface area contributed by atoms with Gasteiger partial charge in [-0.15, -0.1) is 0 Å². The zero-order valence-electron chi connectivity index (χ0n) is 11.5. The molecule has 2 rings (SSSR count). The Morgan fingerprint density at radius 2 is 2.10 bits per heavy atom. The second kappa shape index (κ2) is 5.86. The average molecular weight is 276 g/mol. The number of amides is 1. The molecule has 0 saturated carbocycles. The number of hydrogen-bond donors (Lipinski definition) is 2. The lowest BCUT2D eigenvalue weighted by Gasteiger charge is -2.08. The number of rotatable bonds is 4. The van der Waals surface area contributed by atoms with Gasteiger partial charge in [0.05, 0.1) is 5.52 Å². The van der Waals surface area contributed by atoms with Crippen molar-refractivity contribution in [2.45, 2.75) is 32.7 Å². The normalized spacial score (nSPS) is 11.0. The molecule has 0 bridgehead atoms. The van der Waals surface area contributed by atoms with Crippen LogP contribution < -0.4 is 10.9 Å². The van der Waals surface area contributed by atoms with Gasteiger partial charge < -0.3 is 10.3 Å². The topological polar surface area (TPSA) is 62.0 Å². The van der Waals surface area contributed by atoms with Gasteiger partial charge in [-0.05, 0) is 49.9 Å². The highest BCUT2D eigenvalue weighted by Crippen LogP contribution is 2.13.